The highest BCUT2D eigenvalue weighted by Gasteiger charge is 2.11. The third-order valence-electron chi connectivity index (χ3n) is 3.13. The van der Waals surface area contributed by atoms with Crippen molar-refractivity contribution in [2.75, 3.05) is 7.11 Å². The van der Waals surface area contributed by atoms with Crippen molar-refractivity contribution >= 4 is 22.5 Å². The summed E-state index contributed by atoms with van der Waals surface area (Å²) in [6.45, 7) is 0. The Morgan fingerprint density at radius 1 is 1.24 bits per heavy atom. The van der Waals surface area contributed by atoms with Gasteiger partial charge in [-0.2, -0.15) is 0 Å². The van der Waals surface area contributed by atoms with Crippen molar-refractivity contribution in [3.63, 3.8) is 0 Å². The number of H-pyrrole nitrogens is 1. The van der Waals surface area contributed by atoms with Gasteiger partial charge in [0.2, 0.25) is 0 Å². The van der Waals surface area contributed by atoms with Gasteiger partial charge in [-0.25, -0.2) is 4.98 Å². The first-order valence-corrected chi connectivity index (χ1v) is 6.53. The van der Waals surface area contributed by atoms with Gasteiger partial charge in [0.05, 0.1) is 23.6 Å². The number of phenolic OH excluding ortho intramolecular Hbond substituents is 1. The summed E-state index contributed by atoms with van der Waals surface area (Å²) >= 11 is 5.87. The van der Waals surface area contributed by atoms with Crippen LogP contribution < -0.4 is 10.3 Å². The van der Waals surface area contributed by atoms with Crippen LogP contribution in [0, 0.1) is 0 Å². The van der Waals surface area contributed by atoms with Gasteiger partial charge in [0, 0.05) is 11.1 Å². The van der Waals surface area contributed by atoms with Crippen molar-refractivity contribution in [1.82, 2.24) is 9.97 Å². The first-order valence-electron chi connectivity index (χ1n) is 6.15. The lowest BCUT2D eigenvalue weighted by Gasteiger charge is -2.07. The van der Waals surface area contributed by atoms with Crippen molar-refractivity contribution < 1.29 is 9.84 Å². The van der Waals surface area contributed by atoms with Crippen LogP contribution in [-0.4, -0.2) is 22.2 Å². The van der Waals surface area contributed by atoms with Gasteiger partial charge in [-0.1, -0.05) is 11.6 Å². The summed E-state index contributed by atoms with van der Waals surface area (Å²) in [6.07, 6.45) is 0. The van der Waals surface area contributed by atoms with Gasteiger partial charge in [0.1, 0.15) is 17.3 Å². The maximum atomic E-state index is 12.1. The molecule has 0 aliphatic carbocycles. The molecule has 6 heteroatoms. The van der Waals surface area contributed by atoms with Crippen LogP contribution in [-0.2, 0) is 0 Å². The monoisotopic (exact) mass is 302 g/mol. The van der Waals surface area contributed by atoms with Crippen molar-refractivity contribution in [1.29, 1.82) is 0 Å². The molecule has 0 fully saturated rings. The minimum Gasteiger partial charge on any atom is -0.507 e. The fourth-order valence-corrected chi connectivity index (χ4v) is 2.25. The lowest BCUT2D eigenvalue weighted by molar-refractivity contribution is 0.408. The Morgan fingerprint density at radius 2 is 2.05 bits per heavy atom. The van der Waals surface area contributed by atoms with Gasteiger partial charge < -0.3 is 14.8 Å². The largest absolute Gasteiger partial charge is 0.507 e. The first kappa shape index (κ1) is 13.5. The van der Waals surface area contributed by atoms with Crippen LogP contribution >= 0.6 is 11.6 Å². The van der Waals surface area contributed by atoms with E-state index in [1.807, 2.05) is 0 Å². The quantitative estimate of drug-likeness (QED) is 0.763. The highest BCUT2D eigenvalue weighted by Crippen LogP contribution is 2.30. The zero-order valence-corrected chi connectivity index (χ0v) is 11.8. The van der Waals surface area contributed by atoms with Gasteiger partial charge in [0.15, 0.2) is 0 Å². The number of nitrogens with one attached hydrogen (secondary N) is 1. The third-order valence-corrected chi connectivity index (χ3v) is 3.36. The SMILES string of the molecule is COc1ccc(-c2nc3ccc(Cl)cc3c(=O)[nH]2)c(O)c1. The molecule has 2 aromatic carbocycles. The Bertz CT molecular complexity index is 890. The molecule has 106 valence electrons. The fraction of sp³-hybridized carbons (Fsp3) is 0.0667. The van der Waals surface area contributed by atoms with E-state index in [2.05, 4.69) is 9.97 Å². The highest BCUT2D eigenvalue weighted by atomic mass is 35.5. The molecule has 5 nitrogen and oxygen atoms in total. The van der Waals surface area contributed by atoms with E-state index in [-0.39, 0.29) is 17.1 Å². The lowest BCUT2D eigenvalue weighted by atomic mass is 10.1. The predicted molar refractivity (Wildman–Crippen MR) is 81.0 cm³/mol. The van der Waals surface area contributed by atoms with Gasteiger partial charge in [-0.3, -0.25) is 4.79 Å². The van der Waals surface area contributed by atoms with Crippen LogP contribution in [0.2, 0.25) is 5.02 Å². The van der Waals surface area contributed by atoms with Crippen LogP contribution in [0.4, 0.5) is 0 Å². The lowest BCUT2D eigenvalue weighted by Crippen LogP contribution is -2.09. The molecule has 0 saturated heterocycles. The van der Waals surface area contributed by atoms with E-state index in [4.69, 9.17) is 16.3 Å². The molecule has 0 amide bonds. The van der Waals surface area contributed by atoms with Gasteiger partial charge >= 0.3 is 0 Å². The van der Waals surface area contributed by atoms with Crippen molar-refractivity contribution in [3.8, 4) is 22.9 Å². The van der Waals surface area contributed by atoms with E-state index in [0.717, 1.165) is 0 Å². The summed E-state index contributed by atoms with van der Waals surface area (Å²) in [4.78, 5) is 19.1. The zero-order chi connectivity index (χ0) is 15.0. The number of methoxy groups -OCH3 is 1. The maximum Gasteiger partial charge on any atom is 0.259 e. The number of hydrogen-bond donors (Lipinski definition) is 2. The number of fused-ring (bicyclic) bond motifs is 1. The number of aromatic amines is 1. The standard InChI is InChI=1S/C15H11ClN2O3/c1-21-9-3-4-10(13(19)7-9)14-17-12-5-2-8(16)6-11(12)15(20)18-14/h2-7,19H,1H3,(H,17,18,20). The van der Waals surface area contributed by atoms with Crippen LogP contribution in [0.25, 0.3) is 22.3 Å². The summed E-state index contributed by atoms with van der Waals surface area (Å²) in [5.74, 6) is 0.784. The van der Waals surface area contributed by atoms with Crippen LogP contribution in [0.3, 0.4) is 0 Å². The minimum atomic E-state index is -0.312. The van der Waals surface area contributed by atoms with E-state index >= 15 is 0 Å². The molecular formula is C15H11ClN2O3. The Balaban J connectivity index is 2.22. The summed E-state index contributed by atoms with van der Waals surface area (Å²) < 4.78 is 5.03. The average molecular weight is 303 g/mol. The molecule has 0 spiro atoms. The minimum absolute atomic E-state index is 0.0224. The number of phenols is 1. The number of nitrogens with zero attached hydrogens (tertiary/aromatic N) is 1. The molecule has 3 rings (SSSR count). The predicted octanol–water partition coefficient (Wildman–Crippen LogP) is 2.96. The Hall–Kier alpha value is -2.53. The molecule has 1 heterocycles. The second-order valence-corrected chi connectivity index (χ2v) is 4.90. The number of ether oxygens (including phenoxy) is 1. The van der Waals surface area contributed by atoms with Gasteiger partial charge in [-0.15, -0.1) is 0 Å². The topological polar surface area (TPSA) is 75.2 Å². The molecule has 0 aliphatic heterocycles. The highest BCUT2D eigenvalue weighted by molar-refractivity contribution is 6.31. The van der Waals surface area contributed by atoms with Crippen LogP contribution in [0.15, 0.2) is 41.2 Å². The molecule has 0 unspecified atom stereocenters. The van der Waals surface area contributed by atoms with Gasteiger partial charge in [0.25, 0.3) is 5.56 Å². The molecule has 3 aromatic rings. The number of rotatable bonds is 2. The molecule has 21 heavy (non-hydrogen) atoms. The first-order chi connectivity index (χ1) is 10.1. The number of benzene rings is 2. The Morgan fingerprint density at radius 3 is 2.76 bits per heavy atom. The molecule has 1 aromatic heterocycles. The molecule has 2 N–H and O–H groups in total. The number of halogens is 1. The van der Waals surface area contributed by atoms with Gasteiger partial charge in [-0.05, 0) is 30.3 Å². The zero-order valence-electron chi connectivity index (χ0n) is 11.1. The van der Waals surface area contributed by atoms with Crippen molar-refractivity contribution in [3.05, 3.63) is 51.8 Å². The fourth-order valence-electron chi connectivity index (χ4n) is 2.08. The molecule has 0 bridgehead atoms. The molecule has 0 atom stereocenters. The number of aromatic nitrogens is 2. The molecule has 0 saturated carbocycles. The van der Waals surface area contributed by atoms with Crippen LogP contribution in [0.1, 0.15) is 0 Å². The van der Waals surface area contributed by atoms with Crippen molar-refractivity contribution in [2.24, 2.45) is 0 Å². The molecular weight excluding hydrogens is 292 g/mol. The van der Waals surface area contributed by atoms with E-state index in [1.165, 1.54) is 13.2 Å². The summed E-state index contributed by atoms with van der Waals surface area (Å²) in [5.41, 5.74) is 0.617. The second-order valence-electron chi connectivity index (χ2n) is 4.46. The Kier molecular flexibility index (Phi) is 3.27. The second kappa shape index (κ2) is 5.10. The van der Waals surface area contributed by atoms with E-state index in [1.54, 1.807) is 30.3 Å². The normalized spacial score (nSPS) is 10.8. The number of aromatic hydroxyl groups is 1. The Labute approximate surface area is 124 Å². The summed E-state index contributed by atoms with van der Waals surface area (Å²) in [6, 6.07) is 9.65. The average Bonchev–Trinajstić information content (AvgIpc) is 2.47. The third kappa shape index (κ3) is 2.43. The number of hydrogen-bond acceptors (Lipinski definition) is 4. The smallest absolute Gasteiger partial charge is 0.259 e. The maximum absolute atomic E-state index is 12.1. The van der Waals surface area contributed by atoms with Crippen LogP contribution in [0.5, 0.6) is 11.5 Å². The summed E-state index contributed by atoms with van der Waals surface area (Å²) in [7, 11) is 1.51. The van der Waals surface area contributed by atoms with E-state index < -0.39 is 0 Å². The molecule has 0 radical (unpaired) electrons. The molecule has 0 aliphatic rings. The van der Waals surface area contributed by atoms with E-state index in [9.17, 15) is 9.90 Å². The summed E-state index contributed by atoms with van der Waals surface area (Å²) in [5, 5.41) is 10.9. The van der Waals surface area contributed by atoms with Crippen molar-refractivity contribution in [2.45, 2.75) is 0 Å². The van der Waals surface area contributed by atoms with E-state index in [0.29, 0.717) is 27.2 Å².